The SMILES string of the molecule is CCCCCCCCCC[C]1C=CC=N1. The van der Waals surface area contributed by atoms with E-state index in [0.717, 1.165) is 0 Å². The van der Waals surface area contributed by atoms with Gasteiger partial charge in [0, 0.05) is 6.21 Å². The van der Waals surface area contributed by atoms with Crippen LogP contribution in [0, 0.1) is 6.04 Å². The van der Waals surface area contributed by atoms with Gasteiger partial charge >= 0.3 is 0 Å². The Labute approximate surface area is 94.7 Å². The van der Waals surface area contributed by atoms with E-state index in [1.165, 1.54) is 63.8 Å². The van der Waals surface area contributed by atoms with Crippen LogP contribution in [0.25, 0.3) is 0 Å². The van der Waals surface area contributed by atoms with Crippen molar-refractivity contribution < 1.29 is 0 Å². The van der Waals surface area contributed by atoms with Gasteiger partial charge in [0.05, 0.1) is 0 Å². The molecule has 1 radical (unpaired) electrons. The van der Waals surface area contributed by atoms with Gasteiger partial charge in [-0.3, -0.25) is 4.99 Å². The maximum absolute atomic E-state index is 4.27. The predicted molar refractivity (Wildman–Crippen MR) is 68.1 cm³/mol. The van der Waals surface area contributed by atoms with Gasteiger partial charge in [0.2, 0.25) is 0 Å². The largest absolute Gasteiger partial charge is 0.279 e. The van der Waals surface area contributed by atoms with Crippen molar-refractivity contribution in [2.45, 2.75) is 64.7 Å². The third kappa shape index (κ3) is 6.48. The summed E-state index contributed by atoms with van der Waals surface area (Å²) < 4.78 is 0. The number of unbranched alkanes of at least 4 members (excludes halogenated alkanes) is 7. The average molecular weight is 206 g/mol. The number of nitrogens with zero attached hydrogens (tertiary/aromatic N) is 1. The second-order valence-electron chi connectivity index (χ2n) is 4.35. The molecule has 0 atom stereocenters. The number of hydrogen-bond donors (Lipinski definition) is 0. The first-order valence-electron chi connectivity index (χ1n) is 6.50. The van der Waals surface area contributed by atoms with Crippen molar-refractivity contribution in [3.05, 3.63) is 18.2 Å². The van der Waals surface area contributed by atoms with E-state index in [0.29, 0.717) is 0 Å². The van der Waals surface area contributed by atoms with Crippen molar-refractivity contribution in [1.82, 2.24) is 0 Å². The van der Waals surface area contributed by atoms with Gasteiger partial charge in [0.25, 0.3) is 0 Å². The molecule has 0 aromatic rings. The molecule has 0 bridgehead atoms. The van der Waals surface area contributed by atoms with E-state index < -0.39 is 0 Å². The van der Waals surface area contributed by atoms with Crippen LogP contribution in [0.3, 0.4) is 0 Å². The molecule has 0 aromatic carbocycles. The van der Waals surface area contributed by atoms with E-state index in [-0.39, 0.29) is 0 Å². The van der Waals surface area contributed by atoms with Crippen molar-refractivity contribution >= 4 is 6.21 Å². The zero-order chi connectivity index (χ0) is 10.8. The van der Waals surface area contributed by atoms with Gasteiger partial charge in [0.15, 0.2) is 0 Å². The van der Waals surface area contributed by atoms with Gasteiger partial charge < -0.3 is 0 Å². The molecule has 1 rings (SSSR count). The summed E-state index contributed by atoms with van der Waals surface area (Å²) in [5.41, 5.74) is 0. The van der Waals surface area contributed by atoms with Crippen LogP contribution in [0.15, 0.2) is 17.1 Å². The van der Waals surface area contributed by atoms with Crippen LogP contribution in [-0.4, -0.2) is 6.21 Å². The zero-order valence-corrected chi connectivity index (χ0v) is 10.0. The summed E-state index contributed by atoms with van der Waals surface area (Å²) >= 11 is 0. The molecule has 85 valence electrons. The Morgan fingerprint density at radius 2 is 1.60 bits per heavy atom. The molecular formula is C14H24N. The fourth-order valence-corrected chi connectivity index (χ4v) is 1.92. The Kier molecular flexibility index (Phi) is 7.24. The lowest BCUT2D eigenvalue weighted by atomic mass is 10.1. The molecule has 0 amide bonds. The van der Waals surface area contributed by atoms with Crippen LogP contribution in [0.2, 0.25) is 0 Å². The van der Waals surface area contributed by atoms with Crippen LogP contribution in [0.1, 0.15) is 64.7 Å². The summed E-state index contributed by atoms with van der Waals surface area (Å²) in [5, 5.41) is 0. The Balaban J connectivity index is 1.77. The van der Waals surface area contributed by atoms with Crippen LogP contribution < -0.4 is 0 Å². The van der Waals surface area contributed by atoms with Gasteiger partial charge in [-0.2, -0.15) is 0 Å². The van der Waals surface area contributed by atoms with E-state index in [9.17, 15) is 0 Å². The molecule has 0 saturated heterocycles. The fourth-order valence-electron chi connectivity index (χ4n) is 1.92. The molecule has 1 heterocycles. The summed E-state index contributed by atoms with van der Waals surface area (Å²) in [6.45, 7) is 2.27. The maximum Gasteiger partial charge on any atom is 0.108 e. The summed E-state index contributed by atoms with van der Waals surface area (Å²) in [7, 11) is 0. The molecule has 1 nitrogen and oxygen atoms in total. The minimum atomic E-state index is 1.17. The molecule has 0 spiro atoms. The summed E-state index contributed by atoms with van der Waals surface area (Å²) in [6, 6.07) is 1.26. The van der Waals surface area contributed by atoms with Crippen LogP contribution >= 0.6 is 0 Å². The number of allylic oxidation sites excluding steroid dienone is 1. The number of aliphatic imine (C=N–C) groups is 1. The highest BCUT2D eigenvalue weighted by Gasteiger charge is 2.04. The lowest BCUT2D eigenvalue weighted by Gasteiger charge is -2.03. The van der Waals surface area contributed by atoms with Gasteiger partial charge in [-0.05, 0) is 12.5 Å². The first kappa shape index (κ1) is 12.5. The minimum absolute atomic E-state index is 1.17. The molecule has 1 heteroatoms. The smallest absolute Gasteiger partial charge is 0.108 e. The lowest BCUT2D eigenvalue weighted by molar-refractivity contribution is 0.570. The molecule has 0 unspecified atom stereocenters. The van der Waals surface area contributed by atoms with Crippen LogP contribution in [0.4, 0.5) is 0 Å². The lowest BCUT2D eigenvalue weighted by Crippen LogP contribution is -1.87. The van der Waals surface area contributed by atoms with E-state index in [4.69, 9.17) is 0 Å². The predicted octanol–water partition coefficient (Wildman–Crippen LogP) is 4.69. The molecule has 0 aromatic heterocycles. The third-order valence-corrected chi connectivity index (χ3v) is 2.90. The van der Waals surface area contributed by atoms with E-state index >= 15 is 0 Å². The fraction of sp³-hybridized carbons (Fsp3) is 0.714. The third-order valence-electron chi connectivity index (χ3n) is 2.90. The summed E-state index contributed by atoms with van der Waals surface area (Å²) in [6.07, 6.45) is 18.4. The maximum atomic E-state index is 4.27. The zero-order valence-electron chi connectivity index (χ0n) is 10.0. The summed E-state index contributed by atoms with van der Waals surface area (Å²) in [4.78, 5) is 4.27. The van der Waals surface area contributed by atoms with Crippen molar-refractivity contribution in [1.29, 1.82) is 0 Å². The Morgan fingerprint density at radius 1 is 0.933 bits per heavy atom. The molecule has 0 saturated carbocycles. The van der Waals surface area contributed by atoms with Crippen LogP contribution in [-0.2, 0) is 0 Å². The highest BCUT2D eigenvalue weighted by molar-refractivity contribution is 5.75. The first-order valence-corrected chi connectivity index (χ1v) is 6.50. The van der Waals surface area contributed by atoms with E-state index in [2.05, 4.69) is 18.0 Å². The molecular weight excluding hydrogens is 182 g/mol. The van der Waals surface area contributed by atoms with Crippen molar-refractivity contribution in [3.63, 3.8) is 0 Å². The van der Waals surface area contributed by atoms with E-state index in [1.807, 2.05) is 12.3 Å². The van der Waals surface area contributed by atoms with Gasteiger partial charge in [-0.25, -0.2) is 0 Å². The van der Waals surface area contributed by atoms with Gasteiger partial charge in [0.1, 0.15) is 6.04 Å². The quantitative estimate of drug-likeness (QED) is 0.485. The molecule has 0 fully saturated rings. The second-order valence-corrected chi connectivity index (χ2v) is 4.35. The number of hydrogen-bond acceptors (Lipinski definition) is 1. The van der Waals surface area contributed by atoms with Crippen molar-refractivity contribution in [2.75, 3.05) is 0 Å². The highest BCUT2D eigenvalue weighted by atomic mass is 14.8. The highest BCUT2D eigenvalue weighted by Crippen LogP contribution is 2.18. The molecule has 15 heavy (non-hydrogen) atoms. The molecule has 1 aliphatic rings. The summed E-state index contributed by atoms with van der Waals surface area (Å²) in [5.74, 6) is 0. The van der Waals surface area contributed by atoms with E-state index in [1.54, 1.807) is 0 Å². The second kappa shape index (κ2) is 8.70. The monoisotopic (exact) mass is 206 g/mol. The minimum Gasteiger partial charge on any atom is -0.279 e. The molecule has 1 aliphatic heterocycles. The first-order chi connectivity index (χ1) is 7.43. The normalized spacial score (nSPS) is 15.3. The topological polar surface area (TPSA) is 12.4 Å². The van der Waals surface area contributed by atoms with Gasteiger partial charge in [-0.1, -0.05) is 64.4 Å². The van der Waals surface area contributed by atoms with Crippen molar-refractivity contribution in [3.8, 4) is 0 Å². The Hall–Kier alpha value is -0.590. The average Bonchev–Trinajstić information content (AvgIpc) is 2.75. The van der Waals surface area contributed by atoms with Crippen LogP contribution in [0.5, 0.6) is 0 Å². The molecule has 0 aliphatic carbocycles. The molecule has 0 N–H and O–H groups in total. The Morgan fingerprint density at radius 3 is 2.20 bits per heavy atom. The Bertz CT molecular complexity index is 182. The van der Waals surface area contributed by atoms with Gasteiger partial charge in [-0.15, -0.1) is 0 Å². The van der Waals surface area contributed by atoms with Crippen molar-refractivity contribution in [2.24, 2.45) is 4.99 Å². The number of rotatable bonds is 9. The standard InChI is InChI=1S/C14H24N/c1-2-3-4-5-6-7-8-9-11-14-12-10-13-15-14/h10,12-13H,2-9,11H2,1H3.